The van der Waals surface area contributed by atoms with Crippen LogP contribution in [0.5, 0.6) is 0 Å². The van der Waals surface area contributed by atoms with Gasteiger partial charge in [0.25, 0.3) is 5.91 Å². The fourth-order valence-corrected chi connectivity index (χ4v) is 4.51. The minimum Gasteiger partial charge on any atom is -0.460 e. The van der Waals surface area contributed by atoms with Crippen LogP contribution < -0.4 is 10.3 Å². The number of para-hydroxylation sites is 1. The van der Waals surface area contributed by atoms with Crippen molar-refractivity contribution in [1.29, 1.82) is 0 Å². The van der Waals surface area contributed by atoms with Crippen molar-refractivity contribution in [2.45, 2.75) is 38.6 Å². The minimum atomic E-state index is -0.842. The minimum absolute atomic E-state index is 0.0942. The first-order chi connectivity index (χ1) is 20.9. The maximum atomic E-state index is 13.9. The summed E-state index contributed by atoms with van der Waals surface area (Å²) in [4.78, 5) is 40.2. The standard InChI is InChI=1S/C35H37N3O5/c1-27(36-32(23-28-15-7-3-8-16-28)35(41)43-26-30-19-11-5-12-20-30)34(40)38(37(2)31-21-13-6-14-22-31)24-33(39)42-25-29-17-9-4-10-18-29/h3-22,27,32,36H,23-26H2,1-2H3/t27-,32?/m0/s1. The summed E-state index contributed by atoms with van der Waals surface area (Å²) in [5.41, 5.74) is 3.34. The fraction of sp³-hybridized carbons (Fsp3) is 0.229. The van der Waals surface area contributed by atoms with Gasteiger partial charge in [-0.15, -0.1) is 0 Å². The van der Waals surface area contributed by atoms with Crippen molar-refractivity contribution >= 4 is 23.5 Å². The Kier molecular flexibility index (Phi) is 11.5. The largest absolute Gasteiger partial charge is 0.460 e. The molecule has 4 rings (SSSR count). The van der Waals surface area contributed by atoms with Gasteiger partial charge in [0.2, 0.25) is 0 Å². The molecule has 0 aliphatic carbocycles. The molecule has 0 fully saturated rings. The van der Waals surface area contributed by atoms with E-state index in [1.807, 2.05) is 121 Å². The van der Waals surface area contributed by atoms with E-state index in [0.29, 0.717) is 12.1 Å². The number of esters is 2. The van der Waals surface area contributed by atoms with Crippen molar-refractivity contribution in [1.82, 2.24) is 10.3 Å². The Hall–Kier alpha value is -4.95. The molecule has 0 saturated heterocycles. The molecule has 1 unspecified atom stereocenters. The van der Waals surface area contributed by atoms with E-state index in [1.54, 1.807) is 19.0 Å². The lowest BCUT2D eigenvalue weighted by molar-refractivity contribution is -0.152. The Morgan fingerprint density at radius 1 is 0.674 bits per heavy atom. The highest BCUT2D eigenvalue weighted by molar-refractivity contribution is 5.88. The summed E-state index contributed by atoms with van der Waals surface area (Å²) in [5, 5.41) is 6.12. The molecule has 0 bridgehead atoms. The number of hydrogen-bond acceptors (Lipinski definition) is 7. The third-order valence-corrected chi connectivity index (χ3v) is 6.88. The van der Waals surface area contributed by atoms with Gasteiger partial charge < -0.3 is 9.47 Å². The van der Waals surface area contributed by atoms with Gasteiger partial charge in [-0.1, -0.05) is 109 Å². The summed E-state index contributed by atoms with van der Waals surface area (Å²) in [7, 11) is 1.71. The molecule has 0 aliphatic heterocycles. The Morgan fingerprint density at radius 3 is 1.67 bits per heavy atom. The van der Waals surface area contributed by atoms with E-state index in [9.17, 15) is 14.4 Å². The van der Waals surface area contributed by atoms with Crippen LogP contribution in [0.1, 0.15) is 23.6 Å². The first-order valence-corrected chi connectivity index (χ1v) is 14.2. The molecule has 8 heteroatoms. The second kappa shape index (κ2) is 15.9. The molecule has 1 amide bonds. The zero-order valence-corrected chi connectivity index (χ0v) is 24.5. The summed E-state index contributed by atoms with van der Waals surface area (Å²) >= 11 is 0. The quantitative estimate of drug-likeness (QED) is 0.167. The first-order valence-electron chi connectivity index (χ1n) is 14.2. The van der Waals surface area contributed by atoms with Crippen molar-refractivity contribution in [3.05, 3.63) is 138 Å². The number of benzene rings is 4. The molecule has 0 saturated carbocycles. The monoisotopic (exact) mass is 579 g/mol. The first kappa shape index (κ1) is 31.0. The average molecular weight is 580 g/mol. The molecular weight excluding hydrogens is 542 g/mol. The number of hydrogen-bond donors (Lipinski definition) is 1. The zero-order valence-electron chi connectivity index (χ0n) is 24.5. The number of rotatable bonds is 14. The predicted octanol–water partition coefficient (Wildman–Crippen LogP) is 4.94. The second-order valence-electron chi connectivity index (χ2n) is 10.1. The summed E-state index contributed by atoms with van der Waals surface area (Å²) in [6.45, 7) is 1.57. The lowest BCUT2D eigenvalue weighted by Gasteiger charge is -2.35. The van der Waals surface area contributed by atoms with Gasteiger partial charge in [0.05, 0.1) is 11.7 Å². The van der Waals surface area contributed by atoms with Crippen LogP contribution in [0, 0.1) is 0 Å². The third-order valence-electron chi connectivity index (χ3n) is 6.88. The number of nitrogens with zero attached hydrogens (tertiary/aromatic N) is 2. The van der Waals surface area contributed by atoms with Crippen LogP contribution in [0.2, 0.25) is 0 Å². The lowest BCUT2D eigenvalue weighted by Crippen LogP contribution is -2.56. The molecule has 8 nitrogen and oxygen atoms in total. The predicted molar refractivity (Wildman–Crippen MR) is 166 cm³/mol. The van der Waals surface area contributed by atoms with Crippen molar-refractivity contribution in [2.24, 2.45) is 0 Å². The van der Waals surface area contributed by atoms with E-state index in [-0.39, 0.29) is 19.8 Å². The molecule has 0 aliphatic rings. The Balaban J connectivity index is 1.49. The molecule has 0 radical (unpaired) electrons. The van der Waals surface area contributed by atoms with Crippen molar-refractivity contribution in [3.8, 4) is 0 Å². The molecule has 0 heterocycles. The van der Waals surface area contributed by atoms with Gasteiger partial charge in [-0.2, -0.15) is 0 Å². The smallest absolute Gasteiger partial charge is 0.328 e. The maximum Gasteiger partial charge on any atom is 0.328 e. The fourth-order valence-electron chi connectivity index (χ4n) is 4.51. The SMILES string of the molecule is C[C@H](NC(Cc1ccccc1)C(=O)OCc1ccccc1)C(=O)N(CC(=O)OCc1ccccc1)N(C)c1ccccc1. The molecule has 2 atom stereocenters. The van der Waals surface area contributed by atoms with Crippen molar-refractivity contribution < 1.29 is 23.9 Å². The number of ether oxygens (including phenoxy) is 2. The summed E-state index contributed by atoms with van der Waals surface area (Å²) < 4.78 is 11.1. The number of amides is 1. The zero-order chi connectivity index (χ0) is 30.4. The van der Waals surface area contributed by atoms with E-state index < -0.39 is 29.9 Å². The van der Waals surface area contributed by atoms with Gasteiger partial charge >= 0.3 is 11.9 Å². The van der Waals surface area contributed by atoms with Crippen LogP contribution in [0.3, 0.4) is 0 Å². The highest BCUT2D eigenvalue weighted by Crippen LogP contribution is 2.16. The van der Waals surface area contributed by atoms with E-state index in [1.165, 1.54) is 5.01 Å². The Bertz CT molecular complexity index is 1440. The van der Waals surface area contributed by atoms with Crippen LogP contribution in [0.15, 0.2) is 121 Å². The van der Waals surface area contributed by atoms with Gasteiger partial charge in [0, 0.05) is 7.05 Å². The summed E-state index contributed by atoms with van der Waals surface area (Å²) in [6.07, 6.45) is 0.319. The maximum absolute atomic E-state index is 13.9. The van der Waals surface area contributed by atoms with Crippen LogP contribution >= 0.6 is 0 Å². The van der Waals surface area contributed by atoms with Crippen LogP contribution in [-0.2, 0) is 43.5 Å². The molecule has 43 heavy (non-hydrogen) atoms. The van der Waals surface area contributed by atoms with Crippen molar-refractivity contribution in [3.63, 3.8) is 0 Å². The normalized spacial score (nSPS) is 12.0. The van der Waals surface area contributed by atoms with E-state index in [4.69, 9.17) is 9.47 Å². The summed E-state index contributed by atoms with van der Waals surface area (Å²) in [6, 6.07) is 35.9. The third kappa shape index (κ3) is 9.55. The van der Waals surface area contributed by atoms with Crippen LogP contribution in [0.4, 0.5) is 5.69 Å². The Labute approximate surface area is 252 Å². The molecule has 0 aromatic heterocycles. The van der Waals surface area contributed by atoms with Gasteiger partial charge in [-0.3, -0.25) is 24.7 Å². The highest BCUT2D eigenvalue weighted by Gasteiger charge is 2.31. The van der Waals surface area contributed by atoms with Crippen molar-refractivity contribution in [2.75, 3.05) is 18.6 Å². The molecule has 0 spiro atoms. The molecule has 4 aromatic rings. The number of hydrazine groups is 1. The van der Waals surface area contributed by atoms with Crippen LogP contribution in [-0.4, -0.2) is 48.5 Å². The molecular formula is C35H37N3O5. The van der Waals surface area contributed by atoms with Gasteiger partial charge in [-0.05, 0) is 42.2 Å². The van der Waals surface area contributed by atoms with Crippen LogP contribution in [0.25, 0.3) is 0 Å². The lowest BCUT2D eigenvalue weighted by atomic mass is 10.0. The second-order valence-corrected chi connectivity index (χ2v) is 10.1. The van der Waals surface area contributed by atoms with E-state index in [2.05, 4.69) is 5.32 Å². The number of anilines is 1. The highest BCUT2D eigenvalue weighted by atomic mass is 16.5. The van der Waals surface area contributed by atoms with E-state index in [0.717, 1.165) is 16.7 Å². The Morgan fingerprint density at radius 2 is 1.14 bits per heavy atom. The number of carbonyl (C=O) groups excluding carboxylic acids is 3. The summed E-state index contributed by atoms with van der Waals surface area (Å²) in [5.74, 6) is -1.44. The van der Waals surface area contributed by atoms with Gasteiger partial charge in [-0.25, -0.2) is 5.01 Å². The topological polar surface area (TPSA) is 88.2 Å². The van der Waals surface area contributed by atoms with E-state index >= 15 is 0 Å². The number of carbonyl (C=O) groups is 3. The number of nitrogens with one attached hydrogen (secondary N) is 1. The molecule has 4 aromatic carbocycles. The molecule has 222 valence electrons. The molecule has 1 N–H and O–H groups in total. The van der Waals surface area contributed by atoms with Gasteiger partial charge in [0.1, 0.15) is 25.8 Å². The average Bonchev–Trinajstić information content (AvgIpc) is 3.06. The van der Waals surface area contributed by atoms with Gasteiger partial charge in [0.15, 0.2) is 0 Å².